The Balaban J connectivity index is 1.90. The molecule has 0 saturated heterocycles. The van der Waals surface area contributed by atoms with Gasteiger partial charge in [0.15, 0.2) is 0 Å². The van der Waals surface area contributed by atoms with Gasteiger partial charge in [0, 0.05) is 5.41 Å². The Hall–Kier alpha value is -2.33. The van der Waals surface area contributed by atoms with Crippen molar-refractivity contribution in [3.8, 4) is 16.9 Å². The minimum Gasteiger partial charge on any atom is -0.508 e. The van der Waals surface area contributed by atoms with Gasteiger partial charge in [-0.25, -0.2) is 0 Å². The molecule has 22 heavy (non-hydrogen) atoms. The molecule has 1 saturated carbocycles. The Kier molecular flexibility index (Phi) is 3.62. The van der Waals surface area contributed by atoms with E-state index in [0.29, 0.717) is 5.56 Å². The summed E-state index contributed by atoms with van der Waals surface area (Å²) >= 11 is 0. The molecular formula is C18H18O4. The first-order valence-electron chi connectivity index (χ1n) is 7.29. The summed E-state index contributed by atoms with van der Waals surface area (Å²) in [6.07, 6.45) is 1.91. The molecule has 1 fully saturated rings. The summed E-state index contributed by atoms with van der Waals surface area (Å²) in [4.78, 5) is 10.8. The average Bonchev–Trinajstić information content (AvgIpc) is 3.27. The second-order valence-electron chi connectivity index (χ2n) is 5.97. The van der Waals surface area contributed by atoms with E-state index in [1.807, 2.05) is 24.3 Å². The molecule has 114 valence electrons. The number of benzene rings is 2. The summed E-state index contributed by atoms with van der Waals surface area (Å²) in [5.74, 6) is -0.864. The van der Waals surface area contributed by atoms with Crippen LogP contribution in [0.25, 0.3) is 11.1 Å². The molecule has 0 bridgehead atoms. The number of hydrogen-bond acceptors (Lipinski definition) is 3. The number of phenols is 1. The molecule has 2 aromatic carbocycles. The van der Waals surface area contributed by atoms with E-state index < -0.39 is 5.97 Å². The lowest BCUT2D eigenvalue weighted by Gasteiger charge is -2.13. The maximum absolute atomic E-state index is 10.8. The Bertz CT molecular complexity index is 700. The fraction of sp³-hybridized carbons (Fsp3) is 0.278. The number of aliphatic carboxylic acids is 1. The SMILES string of the molecule is O=C(O)Cc1cc(O)cc(-c2ccc(C3(CO)CC3)cc2)c1. The van der Waals surface area contributed by atoms with Crippen molar-refractivity contribution in [1.29, 1.82) is 0 Å². The Labute approximate surface area is 128 Å². The van der Waals surface area contributed by atoms with E-state index in [0.717, 1.165) is 29.5 Å². The molecule has 4 nitrogen and oxygen atoms in total. The highest BCUT2D eigenvalue weighted by atomic mass is 16.4. The van der Waals surface area contributed by atoms with Gasteiger partial charge < -0.3 is 15.3 Å². The van der Waals surface area contributed by atoms with E-state index in [9.17, 15) is 15.0 Å². The Morgan fingerprint density at radius 3 is 2.27 bits per heavy atom. The highest BCUT2D eigenvalue weighted by Gasteiger charge is 2.43. The van der Waals surface area contributed by atoms with Crippen molar-refractivity contribution in [2.45, 2.75) is 24.7 Å². The number of aliphatic hydroxyl groups excluding tert-OH is 1. The fourth-order valence-electron chi connectivity index (χ4n) is 2.82. The van der Waals surface area contributed by atoms with Gasteiger partial charge in [0.05, 0.1) is 13.0 Å². The van der Waals surface area contributed by atoms with Gasteiger partial charge in [0.2, 0.25) is 0 Å². The van der Waals surface area contributed by atoms with Crippen LogP contribution in [-0.2, 0) is 16.6 Å². The lowest BCUT2D eigenvalue weighted by molar-refractivity contribution is -0.136. The van der Waals surface area contributed by atoms with Gasteiger partial charge in [0.25, 0.3) is 0 Å². The molecule has 0 radical (unpaired) electrons. The minimum atomic E-state index is -0.925. The van der Waals surface area contributed by atoms with E-state index in [2.05, 4.69) is 0 Å². The molecule has 2 aromatic rings. The molecule has 0 amide bonds. The van der Waals surface area contributed by atoms with Gasteiger partial charge in [-0.3, -0.25) is 4.79 Å². The summed E-state index contributed by atoms with van der Waals surface area (Å²) in [6.45, 7) is 0.168. The monoisotopic (exact) mass is 298 g/mol. The highest BCUT2D eigenvalue weighted by Crippen LogP contribution is 2.47. The lowest BCUT2D eigenvalue weighted by atomic mass is 9.94. The van der Waals surface area contributed by atoms with Crippen molar-refractivity contribution in [3.63, 3.8) is 0 Å². The highest BCUT2D eigenvalue weighted by molar-refractivity contribution is 5.73. The topological polar surface area (TPSA) is 77.8 Å². The van der Waals surface area contributed by atoms with Crippen LogP contribution in [0.4, 0.5) is 0 Å². The van der Waals surface area contributed by atoms with Gasteiger partial charge in [-0.15, -0.1) is 0 Å². The third-order valence-electron chi connectivity index (χ3n) is 4.32. The van der Waals surface area contributed by atoms with Crippen molar-refractivity contribution in [1.82, 2.24) is 0 Å². The largest absolute Gasteiger partial charge is 0.508 e. The van der Waals surface area contributed by atoms with Crippen molar-refractivity contribution < 1.29 is 20.1 Å². The van der Waals surface area contributed by atoms with Crippen molar-refractivity contribution in [2.75, 3.05) is 6.61 Å². The number of hydrogen-bond donors (Lipinski definition) is 3. The van der Waals surface area contributed by atoms with Crippen LogP contribution in [0.2, 0.25) is 0 Å². The van der Waals surface area contributed by atoms with Crippen LogP contribution in [0.15, 0.2) is 42.5 Å². The predicted molar refractivity (Wildman–Crippen MR) is 82.9 cm³/mol. The fourth-order valence-corrected chi connectivity index (χ4v) is 2.82. The van der Waals surface area contributed by atoms with Crippen molar-refractivity contribution in [2.24, 2.45) is 0 Å². The number of rotatable bonds is 5. The third kappa shape index (κ3) is 2.83. The van der Waals surface area contributed by atoms with E-state index >= 15 is 0 Å². The number of aromatic hydroxyl groups is 1. The van der Waals surface area contributed by atoms with Crippen LogP contribution < -0.4 is 0 Å². The van der Waals surface area contributed by atoms with Gasteiger partial charge in [-0.2, -0.15) is 0 Å². The normalized spacial score (nSPS) is 15.5. The quantitative estimate of drug-likeness (QED) is 0.793. The number of aliphatic hydroxyl groups is 1. The van der Waals surface area contributed by atoms with Crippen LogP contribution in [0.3, 0.4) is 0 Å². The zero-order chi connectivity index (χ0) is 15.7. The summed E-state index contributed by atoms with van der Waals surface area (Å²) in [6, 6.07) is 12.8. The van der Waals surface area contributed by atoms with Gasteiger partial charge in [-0.1, -0.05) is 30.3 Å². The zero-order valence-corrected chi connectivity index (χ0v) is 12.1. The minimum absolute atomic E-state index is 0.0619. The molecule has 3 rings (SSSR count). The zero-order valence-electron chi connectivity index (χ0n) is 12.1. The summed E-state index contributed by atoms with van der Waals surface area (Å²) in [7, 11) is 0. The van der Waals surface area contributed by atoms with Crippen LogP contribution in [0.5, 0.6) is 5.75 Å². The number of phenolic OH excluding ortho intramolecular Hbond substituents is 1. The molecule has 1 aliphatic carbocycles. The maximum atomic E-state index is 10.8. The molecule has 0 aliphatic heterocycles. The Morgan fingerprint density at radius 1 is 1.05 bits per heavy atom. The van der Waals surface area contributed by atoms with Gasteiger partial charge >= 0.3 is 5.97 Å². The summed E-state index contributed by atoms with van der Waals surface area (Å²) in [5, 5.41) is 28.1. The second-order valence-corrected chi connectivity index (χ2v) is 5.97. The van der Waals surface area contributed by atoms with Gasteiger partial charge in [0.1, 0.15) is 5.75 Å². The van der Waals surface area contributed by atoms with Crippen LogP contribution in [-0.4, -0.2) is 27.9 Å². The van der Waals surface area contributed by atoms with Crippen LogP contribution >= 0.6 is 0 Å². The van der Waals surface area contributed by atoms with Crippen LogP contribution in [0.1, 0.15) is 24.0 Å². The molecule has 4 heteroatoms. The first-order valence-corrected chi connectivity index (χ1v) is 7.29. The molecular weight excluding hydrogens is 280 g/mol. The van der Waals surface area contributed by atoms with E-state index in [1.54, 1.807) is 12.1 Å². The standard InChI is InChI=1S/C18H18O4/c19-11-18(5-6-18)15-3-1-13(2-4-15)14-7-12(9-17(21)22)8-16(20)10-14/h1-4,7-8,10,19-20H,5-6,9,11H2,(H,21,22). The molecule has 1 aliphatic rings. The second kappa shape index (κ2) is 5.46. The smallest absolute Gasteiger partial charge is 0.307 e. The lowest BCUT2D eigenvalue weighted by Crippen LogP contribution is -2.11. The van der Waals surface area contributed by atoms with E-state index in [4.69, 9.17) is 5.11 Å². The average molecular weight is 298 g/mol. The number of carboxylic acids is 1. The predicted octanol–water partition coefficient (Wildman–Crippen LogP) is 2.71. The molecule has 0 unspecified atom stereocenters. The molecule has 0 spiro atoms. The third-order valence-corrected chi connectivity index (χ3v) is 4.32. The Morgan fingerprint density at radius 2 is 1.73 bits per heavy atom. The van der Waals surface area contributed by atoms with Gasteiger partial charge in [-0.05, 0) is 47.2 Å². The van der Waals surface area contributed by atoms with Crippen LogP contribution in [0, 0.1) is 0 Å². The van der Waals surface area contributed by atoms with Crippen molar-refractivity contribution >= 4 is 5.97 Å². The first-order chi connectivity index (χ1) is 10.5. The molecule has 0 heterocycles. The number of carbonyl (C=O) groups is 1. The summed E-state index contributed by atoms with van der Waals surface area (Å²) < 4.78 is 0. The summed E-state index contributed by atoms with van der Waals surface area (Å²) in [5.41, 5.74) is 3.34. The number of carboxylic acid groups (broad SMARTS) is 1. The van der Waals surface area contributed by atoms with E-state index in [-0.39, 0.29) is 24.2 Å². The first kappa shape index (κ1) is 14.6. The molecule has 0 aromatic heterocycles. The van der Waals surface area contributed by atoms with E-state index in [1.165, 1.54) is 6.07 Å². The maximum Gasteiger partial charge on any atom is 0.307 e. The molecule has 3 N–H and O–H groups in total. The van der Waals surface area contributed by atoms with Crippen molar-refractivity contribution in [3.05, 3.63) is 53.6 Å². The molecule has 0 atom stereocenters.